The maximum absolute atomic E-state index is 6.23. The second kappa shape index (κ2) is 8.20. The molecule has 1 saturated carbocycles. The van der Waals surface area contributed by atoms with Crippen LogP contribution in [0.5, 0.6) is 0 Å². The first kappa shape index (κ1) is 20.0. The minimum Gasteiger partial charge on any atom is -0.343 e. The largest absolute Gasteiger partial charge is 0.343 e. The number of thioether (sulfide) groups is 1. The molecule has 0 amide bonds. The molecule has 1 saturated heterocycles. The van der Waals surface area contributed by atoms with Crippen LogP contribution in [0.25, 0.3) is 0 Å². The van der Waals surface area contributed by atoms with E-state index in [0.717, 1.165) is 43.6 Å². The molecule has 4 rings (SSSR count). The Morgan fingerprint density at radius 1 is 1.39 bits per heavy atom. The molecule has 6 nitrogen and oxygen atoms in total. The third kappa shape index (κ3) is 4.81. The molecule has 5 N–H and O–H groups in total. The summed E-state index contributed by atoms with van der Waals surface area (Å²) >= 11 is 1.86. The summed E-state index contributed by atoms with van der Waals surface area (Å²) in [5.41, 5.74) is 14.0. The van der Waals surface area contributed by atoms with E-state index in [9.17, 15) is 0 Å². The monoisotopic (exact) mass is 402 g/mol. The lowest BCUT2D eigenvalue weighted by Crippen LogP contribution is -2.54. The highest BCUT2D eigenvalue weighted by atomic mass is 32.2. The van der Waals surface area contributed by atoms with Crippen molar-refractivity contribution >= 4 is 23.9 Å². The number of aliphatic imine (C=N–C) groups is 2. The first-order chi connectivity index (χ1) is 13.4. The van der Waals surface area contributed by atoms with Crippen LogP contribution >= 0.6 is 11.8 Å². The Hall–Kier alpha value is -1.31. The van der Waals surface area contributed by atoms with Gasteiger partial charge in [-0.15, -0.1) is 11.8 Å². The number of nitrogens with one attached hydrogen (secondary N) is 1. The Morgan fingerprint density at radius 3 is 2.86 bits per heavy atom. The molecular formula is C21H34N6S. The van der Waals surface area contributed by atoms with E-state index in [2.05, 4.69) is 41.2 Å². The molecule has 4 aliphatic rings. The van der Waals surface area contributed by atoms with Gasteiger partial charge in [0.1, 0.15) is 6.17 Å². The molecule has 2 heterocycles. The van der Waals surface area contributed by atoms with Crippen LogP contribution in [0.3, 0.4) is 0 Å². The molecule has 0 aromatic rings. The van der Waals surface area contributed by atoms with Crippen LogP contribution in [0.2, 0.25) is 0 Å². The van der Waals surface area contributed by atoms with Gasteiger partial charge in [-0.05, 0) is 56.9 Å². The highest BCUT2D eigenvalue weighted by Gasteiger charge is 2.32. The summed E-state index contributed by atoms with van der Waals surface area (Å²) in [4.78, 5) is 13.0. The molecule has 154 valence electrons. The van der Waals surface area contributed by atoms with E-state index < -0.39 is 0 Å². The lowest BCUT2D eigenvalue weighted by molar-refractivity contribution is 0.240. The number of nitrogens with two attached hydrogens (primary N) is 2. The van der Waals surface area contributed by atoms with E-state index >= 15 is 0 Å². The zero-order valence-electron chi connectivity index (χ0n) is 17.1. The van der Waals surface area contributed by atoms with E-state index in [1.807, 2.05) is 18.0 Å². The predicted octanol–water partition coefficient (Wildman–Crippen LogP) is 2.43. The molecule has 2 aliphatic carbocycles. The van der Waals surface area contributed by atoms with Crippen LogP contribution in [0.15, 0.2) is 32.6 Å². The first-order valence-corrected chi connectivity index (χ1v) is 11.6. The van der Waals surface area contributed by atoms with Gasteiger partial charge >= 0.3 is 0 Å². The Morgan fingerprint density at radius 2 is 2.14 bits per heavy atom. The van der Waals surface area contributed by atoms with Gasteiger partial charge in [-0.2, -0.15) is 0 Å². The molecule has 0 spiro atoms. The van der Waals surface area contributed by atoms with Crippen LogP contribution in [-0.2, 0) is 0 Å². The summed E-state index contributed by atoms with van der Waals surface area (Å²) in [6.45, 7) is 6.31. The van der Waals surface area contributed by atoms with Gasteiger partial charge in [0.05, 0.1) is 0 Å². The van der Waals surface area contributed by atoms with E-state index in [1.165, 1.54) is 24.2 Å². The smallest absolute Gasteiger partial charge is 0.197 e. The van der Waals surface area contributed by atoms with Crippen LogP contribution in [-0.4, -0.2) is 53.8 Å². The quantitative estimate of drug-likeness (QED) is 0.614. The number of hydrogen-bond acceptors (Lipinski definition) is 7. The normalized spacial score (nSPS) is 32.8. The maximum atomic E-state index is 6.23. The molecule has 3 atom stereocenters. The summed E-state index contributed by atoms with van der Waals surface area (Å²) in [6.07, 6.45) is 12.1. The number of likely N-dealkylation sites (tertiary alicyclic amines) is 1. The van der Waals surface area contributed by atoms with Gasteiger partial charge in [-0.25, -0.2) is 4.99 Å². The van der Waals surface area contributed by atoms with E-state index in [1.54, 1.807) is 5.57 Å². The third-order valence-corrected chi connectivity index (χ3v) is 7.19. The topological polar surface area (TPSA) is 92.0 Å². The molecular weight excluding hydrogens is 368 g/mol. The van der Waals surface area contributed by atoms with Crippen molar-refractivity contribution in [2.24, 2.45) is 33.3 Å². The Kier molecular flexibility index (Phi) is 5.86. The van der Waals surface area contributed by atoms with Crippen LogP contribution in [0, 0.1) is 11.8 Å². The minimum absolute atomic E-state index is 0.0635. The molecule has 2 fully saturated rings. The molecule has 7 heteroatoms. The van der Waals surface area contributed by atoms with Crippen LogP contribution in [0.1, 0.15) is 46.0 Å². The van der Waals surface area contributed by atoms with Crippen molar-refractivity contribution in [3.05, 3.63) is 22.6 Å². The van der Waals surface area contributed by atoms with E-state index in [0.29, 0.717) is 5.92 Å². The van der Waals surface area contributed by atoms with E-state index in [-0.39, 0.29) is 17.9 Å². The summed E-state index contributed by atoms with van der Waals surface area (Å²) in [5, 5.41) is 3.29. The van der Waals surface area contributed by atoms with Crippen molar-refractivity contribution in [1.82, 2.24) is 10.2 Å². The lowest BCUT2D eigenvalue weighted by atomic mass is 9.90. The zero-order chi connectivity index (χ0) is 19.7. The molecule has 28 heavy (non-hydrogen) atoms. The summed E-state index contributed by atoms with van der Waals surface area (Å²) in [5.74, 6) is 3.31. The fraction of sp³-hybridized carbons (Fsp3) is 0.714. The molecule has 0 aromatic heterocycles. The van der Waals surface area contributed by atoms with Gasteiger partial charge in [-0.1, -0.05) is 18.6 Å². The van der Waals surface area contributed by atoms with Crippen molar-refractivity contribution in [3.63, 3.8) is 0 Å². The second-order valence-electron chi connectivity index (χ2n) is 8.98. The van der Waals surface area contributed by atoms with Gasteiger partial charge in [0.15, 0.2) is 12.1 Å². The fourth-order valence-corrected chi connectivity index (χ4v) is 4.90. The summed E-state index contributed by atoms with van der Waals surface area (Å²) < 4.78 is 0. The number of rotatable bonds is 5. The third-order valence-electron chi connectivity index (χ3n) is 6.26. The van der Waals surface area contributed by atoms with Crippen molar-refractivity contribution in [2.75, 3.05) is 18.8 Å². The van der Waals surface area contributed by atoms with E-state index in [4.69, 9.17) is 16.5 Å². The lowest BCUT2D eigenvalue weighted by Gasteiger charge is -2.37. The SMILES string of the molecule is CC1CC=C(SCC=NC2N=C(N3CCC(C)(N)CC3)NC2N)C=C1C1CC1. The summed E-state index contributed by atoms with van der Waals surface area (Å²) in [7, 11) is 0. The molecule has 0 aromatic carbocycles. The van der Waals surface area contributed by atoms with Gasteiger partial charge in [0.25, 0.3) is 0 Å². The average molecular weight is 403 g/mol. The number of hydrogen-bond donors (Lipinski definition) is 3. The molecule has 0 bridgehead atoms. The predicted molar refractivity (Wildman–Crippen MR) is 119 cm³/mol. The fourth-order valence-electron chi connectivity index (χ4n) is 4.11. The van der Waals surface area contributed by atoms with Crippen molar-refractivity contribution in [1.29, 1.82) is 0 Å². The molecule has 2 aliphatic heterocycles. The van der Waals surface area contributed by atoms with Gasteiger partial charge in [0.2, 0.25) is 0 Å². The highest BCUT2D eigenvalue weighted by Crippen LogP contribution is 2.44. The number of piperidine rings is 1. The van der Waals surface area contributed by atoms with Gasteiger partial charge in [-0.3, -0.25) is 4.99 Å². The molecule has 0 radical (unpaired) electrons. The first-order valence-electron chi connectivity index (χ1n) is 10.6. The number of nitrogens with zero attached hydrogens (tertiary/aromatic N) is 3. The van der Waals surface area contributed by atoms with Gasteiger partial charge < -0.3 is 21.7 Å². The number of guanidine groups is 1. The van der Waals surface area contributed by atoms with Crippen molar-refractivity contribution in [2.45, 2.75) is 63.8 Å². The Labute approximate surface area is 173 Å². The van der Waals surface area contributed by atoms with Crippen molar-refractivity contribution < 1.29 is 0 Å². The van der Waals surface area contributed by atoms with Crippen LogP contribution < -0.4 is 16.8 Å². The Bertz CT molecular complexity index is 696. The summed E-state index contributed by atoms with van der Waals surface area (Å²) in [6, 6.07) is 0. The molecule has 3 unspecified atom stereocenters. The number of allylic oxidation sites excluding steroid dienone is 3. The Balaban J connectivity index is 1.27. The maximum Gasteiger partial charge on any atom is 0.197 e. The second-order valence-corrected chi connectivity index (χ2v) is 10.1. The standard InChI is InChI=1S/C21H34N6S/c1-14-3-6-16(13-17(14)15-4-5-15)28-12-9-24-19-18(22)25-20(26-19)27-10-7-21(2,23)8-11-27/h6,9,13-15,18-19H,3-5,7-8,10-12,22-23H2,1-2H3,(H,25,26). The zero-order valence-corrected chi connectivity index (χ0v) is 17.9. The average Bonchev–Trinajstić information content (AvgIpc) is 3.43. The minimum atomic E-state index is -0.251. The van der Waals surface area contributed by atoms with Crippen LogP contribution in [0.4, 0.5) is 0 Å². The van der Waals surface area contributed by atoms with Crippen molar-refractivity contribution in [3.8, 4) is 0 Å². The van der Waals surface area contributed by atoms with Gasteiger partial charge in [0, 0.05) is 35.5 Å². The highest BCUT2D eigenvalue weighted by molar-refractivity contribution is 8.03.